The quantitative estimate of drug-likeness (QED) is 0.381. The summed E-state index contributed by atoms with van der Waals surface area (Å²) >= 11 is 5.96. The van der Waals surface area contributed by atoms with E-state index in [1.807, 2.05) is 4.90 Å². The number of hydrogen-bond donors (Lipinski definition) is 0. The summed E-state index contributed by atoms with van der Waals surface area (Å²) in [5.41, 5.74) is 0.694. The highest BCUT2D eigenvalue weighted by molar-refractivity contribution is 6.30. The summed E-state index contributed by atoms with van der Waals surface area (Å²) in [5, 5.41) is 11.7. The molecule has 1 saturated heterocycles. The molecule has 10 heteroatoms. The van der Waals surface area contributed by atoms with Crippen LogP contribution in [-0.4, -0.2) is 67.0 Å². The van der Waals surface area contributed by atoms with E-state index in [0.717, 1.165) is 5.56 Å². The van der Waals surface area contributed by atoms with E-state index in [0.29, 0.717) is 31.2 Å². The van der Waals surface area contributed by atoms with Crippen molar-refractivity contribution in [3.05, 3.63) is 68.7 Å². The molecule has 1 fully saturated rings. The molecule has 0 aliphatic carbocycles. The fraction of sp³-hybridized carbons (Fsp3) is 0.333. The number of hydrogen-bond acceptors (Lipinski definition) is 7. The number of amides is 1. The Bertz CT molecular complexity index is 974. The van der Waals surface area contributed by atoms with Crippen LogP contribution < -0.4 is 4.74 Å². The number of methoxy groups -OCH3 is 2. The molecule has 1 amide bonds. The SMILES string of the molecule is COC(=O)C(c1ccc(Cl)cc1)N1CCN(C(=O)c2cc([N+](=O)[O-])ccc2OC)CC1. The van der Waals surface area contributed by atoms with Crippen LogP contribution in [0.25, 0.3) is 0 Å². The van der Waals surface area contributed by atoms with E-state index >= 15 is 0 Å². The molecule has 1 atom stereocenters. The summed E-state index contributed by atoms with van der Waals surface area (Å²) < 4.78 is 10.2. The molecule has 2 aromatic rings. The van der Waals surface area contributed by atoms with Gasteiger partial charge in [-0.1, -0.05) is 23.7 Å². The first-order valence-electron chi connectivity index (χ1n) is 9.54. The number of esters is 1. The second-order valence-electron chi connectivity index (χ2n) is 6.95. The molecule has 2 aromatic carbocycles. The van der Waals surface area contributed by atoms with E-state index in [1.54, 1.807) is 29.2 Å². The van der Waals surface area contributed by atoms with Crippen LogP contribution in [0.2, 0.25) is 5.02 Å². The number of halogens is 1. The highest BCUT2D eigenvalue weighted by Crippen LogP contribution is 2.28. The summed E-state index contributed by atoms with van der Waals surface area (Å²) in [7, 11) is 2.74. The largest absolute Gasteiger partial charge is 0.496 e. The van der Waals surface area contributed by atoms with E-state index in [1.165, 1.54) is 32.4 Å². The fourth-order valence-corrected chi connectivity index (χ4v) is 3.71. The van der Waals surface area contributed by atoms with Crippen molar-refractivity contribution in [2.45, 2.75) is 6.04 Å². The average Bonchev–Trinajstić information content (AvgIpc) is 2.79. The third-order valence-corrected chi connectivity index (χ3v) is 5.45. The topological polar surface area (TPSA) is 102 Å². The lowest BCUT2D eigenvalue weighted by Crippen LogP contribution is -2.51. The van der Waals surface area contributed by atoms with Crippen LogP contribution in [-0.2, 0) is 9.53 Å². The Kier molecular flexibility index (Phi) is 7.09. The average molecular weight is 448 g/mol. The van der Waals surface area contributed by atoms with E-state index in [2.05, 4.69) is 0 Å². The molecule has 3 rings (SSSR count). The molecular formula is C21H22ClN3O6. The molecule has 31 heavy (non-hydrogen) atoms. The predicted molar refractivity (Wildman–Crippen MR) is 113 cm³/mol. The molecule has 1 aliphatic heterocycles. The van der Waals surface area contributed by atoms with Gasteiger partial charge in [0.15, 0.2) is 0 Å². The molecule has 0 N–H and O–H groups in total. The number of nitro benzene ring substituents is 1. The molecule has 1 heterocycles. The first-order chi connectivity index (χ1) is 14.8. The summed E-state index contributed by atoms with van der Waals surface area (Å²) in [6.45, 7) is 1.52. The van der Waals surface area contributed by atoms with Gasteiger partial charge in [-0.3, -0.25) is 19.8 Å². The highest BCUT2D eigenvalue weighted by atomic mass is 35.5. The Morgan fingerprint density at radius 1 is 1.06 bits per heavy atom. The predicted octanol–water partition coefficient (Wildman–Crippen LogP) is 2.93. The number of nitrogens with zero attached hydrogens (tertiary/aromatic N) is 3. The van der Waals surface area contributed by atoms with Crippen LogP contribution in [0.1, 0.15) is 22.0 Å². The molecule has 0 saturated carbocycles. The Hall–Kier alpha value is -3.17. The molecule has 0 bridgehead atoms. The maximum absolute atomic E-state index is 13.0. The van der Waals surface area contributed by atoms with Gasteiger partial charge in [0, 0.05) is 43.3 Å². The van der Waals surface area contributed by atoms with Gasteiger partial charge in [-0.05, 0) is 23.8 Å². The van der Waals surface area contributed by atoms with Gasteiger partial charge in [0.05, 0.1) is 24.7 Å². The Morgan fingerprint density at radius 2 is 1.71 bits per heavy atom. The van der Waals surface area contributed by atoms with Crippen molar-refractivity contribution in [1.29, 1.82) is 0 Å². The van der Waals surface area contributed by atoms with Crippen LogP contribution in [0.15, 0.2) is 42.5 Å². The van der Waals surface area contributed by atoms with Crippen molar-refractivity contribution in [2.75, 3.05) is 40.4 Å². The maximum atomic E-state index is 13.0. The van der Waals surface area contributed by atoms with Gasteiger partial charge in [0.25, 0.3) is 11.6 Å². The monoisotopic (exact) mass is 447 g/mol. The van der Waals surface area contributed by atoms with Crippen molar-refractivity contribution in [2.24, 2.45) is 0 Å². The normalized spacial score (nSPS) is 15.3. The molecule has 1 aliphatic rings. The zero-order chi connectivity index (χ0) is 22.5. The lowest BCUT2D eigenvalue weighted by molar-refractivity contribution is -0.384. The van der Waals surface area contributed by atoms with Crippen molar-refractivity contribution >= 4 is 29.2 Å². The lowest BCUT2D eigenvalue weighted by atomic mass is 10.0. The second-order valence-corrected chi connectivity index (χ2v) is 7.38. The number of piperazine rings is 1. The van der Waals surface area contributed by atoms with Crippen LogP contribution in [0.5, 0.6) is 5.75 Å². The number of nitro groups is 1. The minimum atomic E-state index is -0.619. The number of benzene rings is 2. The van der Waals surface area contributed by atoms with Gasteiger partial charge in [-0.2, -0.15) is 0 Å². The summed E-state index contributed by atoms with van der Waals surface area (Å²) in [6, 6.07) is 10.3. The smallest absolute Gasteiger partial charge is 0.327 e. The van der Waals surface area contributed by atoms with Crippen LogP contribution >= 0.6 is 11.6 Å². The van der Waals surface area contributed by atoms with Gasteiger partial charge in [0.2, 0.25) is 0 Å². The van der Waals surface area contributed by atoms with Crippen molar-refractivity contribution in [3.8, 4) is 5.75 Å². The number of carbonyl (C=O) groups is 2. The summed E-state index contributed by atoms with van der Waals surface area (Å²) in [5.74, 6) is -0.490. The summed E-state index contributed by atoms with van der Waals surface area (Å²) in [6.07, 6.45) is 0. The number of non-ortho nitro benzene ring substituents is 1. The lowest BCUT2D eigenvalue weighted by Gasteiger charge is -2.38. The van der Waals surface area contributed by atoms with Gasteiger partial charge in [0.1, 0.15) is 11.8 Å². The van der Waals surface area contributed by atoms with E-state index in [-0.39, 0.29) is 22.9 Å². The summed E-state index contributed by atoms with van der Waals surface area (Å²) in [4.78, 5) is 39.6. The molecule has 1 unspecified atom stereocenters. The van der Waals surface area contributed by atoms with Gasteiger partial charge in [-0.15, -0.1) is 0 Å². The molecular weight excluding hydrogens is 426 g/mol. The maximum Gasteiger partial charge on any atom is 0.327 e. The fourth-order valence-electron chi connectivity index (χ4n) is 3.58. The van der Waals surface area contributed by atoms with E-state index in [9.17, 15) is 19.7 Å². The second kappa shape index (κ2) is 9.76. The minimum Gasteiger partial charge on any atom is -0.496 e. The Morgan fingerprint density at radius 3 is 2.26 bits per heavy atom. The zero-order valence-electron chi connectivity index (χ0n) is 17.1. The third-order valence-electron chi connectivity index (χ3n) is 5.20. The van der Waals surface area contributed by atoms with Gasteiger partial charge >= 0.3 is 5.97 Å². The van der Waals surface area contributed by atoms with Gasteiger partial charge in [-0.25, -0.2) is 4.79 Å². The van der Waals surface area contributed by atoms with Crippen molar-refractivity contribution in [1.82, 2.24) is 9.80 Å². The number of ether oxygens (including phenoxy) is 2. The van der Waals surface area contributed by atoms with Crippen LogP contribution in [0.3, 0.4) is 0 Å². The number of rotatable bonds is 6. The van der Waals surface area contributed by atoms with E-state index in [4.69, 9.17) is 21.1 Å². The molecule has 0 radical (unpaired) electrons. The molecule has 164 valence electrons. The zero-order valence-corrected chi connectivity index (χ0v) is 17.9. The van der Waals surface area contributed by atoms with Crippen LogP contribution in [0, 0.1) is 10.1 Å². The Labute approximate surface area is 184 Å². The first-order valence-corrected chi connectivity index (χ1v) is 9.92. The standard InChI is InChI=1S/C21H22ClN3O6/c1-30-18-8-7-16(25(28)29)13-17(18)20(26)24-11-9-23(10-12-24)19(21(27)31-2)14-3-5-15(22)6-4-14/h3-8,13,19H,9-12H2,1-2H3. The van der Waals surface area contributed by atoms with Crippen molar-refractivity contribution < 1.29 is 24.0 Å². The first kappa shape index (κ1) is 22.5. The van der Waals surface area contributed by atoms with Crippen LogP contribution in [0.4, 0.5) is 5.69 Å². The highest BCUT2D eigenvalue weighted by Gasteiger charge is 2.33. The molecule has 0 aromatic heterocycles. The molecule has 9 nitrogen and oxygen atoms in total. The van der Waals surface area contributed by atoms with Gasteiger partial charge < -0.3 is 14.4 Å². The minimum absolute atomic E-state index is 0.132. The third kappa shape index (κ3) is 4.95. The number of carbonyl (C=O) groups excluding carboxylic acids is 2. The Balaban J connectivity index is 1.77. The molecule has 0 spiro atoms. The van der Waals surface area contributed by atoms with E-state index < -0.39 is 16.9 Å². The van der Waals surface area contributed by atoms with Crippen molar-refractivity contribution in [3.63, 3.8) is 0 Å².